The van der Waals surface area contributed by atoms with Gasteiger partial charge in [0.2, 0.25) is 0 Å². The summed E-state index contributed by atoms with van der Waals surface area (Å²) in [4.78, 5) is 23.6. The van der Waals surface area contributed by atoms with E-state index in [-0.39, 0.29) is 12.5 Å². The van der Waals surface area contributed by atoms with Gasteiger partial charge in [-0.2, -0.15) is 0 Å². The third-order valence-corrected chi connectivity index (χ3v) is 2.02. The zero-order chi connectivity index (χ0) is 11.3. The van der Waals surface area contributed by atoms with Gasteiger partial charge in [-0.3, -0.25) is 9.59 Å². The Balaban J connectivity index is 2.78. The van der Waals surface area contributed by atoms with Gasteiger partial charge in [-0.05, 0) is 19.1 Å². The van der Waals surface area contributed by atoms with E-state index in [1.54, 1.807) is 31.2 Å². The first-order valence-corrected chi connectivity index (χ1v) is 4.71. The fraction of sp³-hybridized carbons (Fsp3) is 0.273. The molecule has 0 atom stereocenters. The predicted octanol–water partition coefficient (Wildman–Crippen LogP) is 1.23. The molecule has 0 aliphatic carbocycles. The van der Waals surface area contributed by atoms with Crippen molar-refractivity contribution in [1.82, 2.24) is 4.90 Å². The van der Waals surface area contributed by atoms with Crippen LogP contribution in [0.15, 0.2) is 30.3 Å². The maximum atomic E-state index is 11.8. The number of nitrogens with zero attached hydrogens (tertiary/aromatic N) is 1. The number of carboxylic acids is 1. The average Bonchev–Trinajstić information content (AvgIpc) is 2.26. The Morgan fingerprint density at radius 3 is 2.33 bits per heavy atom. The highest BCUT2D eigenvalue weighted by Gasteiger charge is 2.15. The van der Waals surface area contributed by atoms with Crippen molar-refractivity contribution in [3.8, 4) is 0 Å². The summed E-state index contributed by atoms with van der Waals surface area (Å²) in [5, 5.41) is 8.62. The van der Waals surface area contributed by atoms with E-state index < -0.39 is 5.97 Å². The van der Waals surface area contributed by atoms with E-state index in [4.69, 9.17) is 5.11 Å². The summed E-state index contributed by atoms with van der Waals surface area (Å²) in [6.07, 6.45) is 0. The van der Waals surface area contributed by atoms with Gasteiger partial charge in [-0.25, -0.2) is 0 Å². The molecule has 0 saturated heterocycles. The molecule has 0 spiro atoms. The fourth-order valence-corrected chi connectivity index (χ4v) is 1.25. The normalized spacial score (nSPS) is 9.67. The van der Waals surface area contributed by atoms with E-state index in [0.717, 1.165) is 0 Å². The number of carboxylic acid groups (broad SMARTS) is 1. The zero-order valence-electron chi connectivity index (χ0n) is 8.51. The van der Waals surface area contributed by atoms with E-state index in [1.165, 1.54) is 4.90 Å². The van der Waals surface area contributed by atoms with Gasteiger partial charge < -0.3 is 10.0 Å². The highest BCUT2D eigenvalue weighted by atomic mass is 16.4. The van der Waals surface area contributed by atoms with Crippen LogP contribution in [0.2, 0.25) is 0 Å². The van der Waals surface area contributed by atoms with Gasteiger partial charge in [0.05, 0.1) is 0 Å². The van der Waals surface area contributed by atoms with Gasteiger partial charge in [-0.15, -0.1) is 0 Å². The molecule has 0 aromatic heterocycles. The number of amides is 1. The van der Waals surface area contributed by atoms with Crippen molar-refractivity contribution in [3.63, 3.8) is 0 Å². The van der Waals surface area contributed by atoms with E-state index in [0.29, 0.717) is 12.1 Å². The first-order chi connectivity index (χ1) is 7.15. The summed E-state index contributed by atoms with van der Waals surface area (Å²) < 4.78 is 0. The van der Waals surface area contributed by atoms with Crippen molar-refractivity contribution in [2.75, 3.05) is 13.1 Å². The lowest BCUT2D eigenvalue weighted by Gasteiger charge is -2.18. The van der Waals surface area contributed by atoms with Crippen molar-refractivity contribution >= 4 is 11.9 Å². The number of benzene rings is 1. The first-order valence-electron chi connectivity index (χ1n) is 4.71. The van der Waals surface area contributed by atoms with Gasteiger partial charge >= 0.3 is 5.97 Å². The lowest BCUT2D eigenvalue weighted by Crippen LogP contribution is -2.35. The molecule has 80 valence electrons. The molecular weight excluding hydrogens is 194 g/mol. The highest BCUT2D eigenvalue weighted by molar-refractivity contribution is 5.95. The van der Waals surface area contributed by atoms with Crippen LogP contribution in [0.1, 0.15) is 17.3 Å². The minimum Gasteiger partial charge on any atom is -0.480 e. The second-order valence-electron chi connectivity index (χ2n) is 3.08. The molecule has 1 amide bonds. The van der Waals surface area contributed by atoms with Crippen LogP contribution in [0.3, 0.4) is 0 Å². The third-order valence-electron chi connectivity index (χ3n) is 2.02. The van der Waals surface area contributed by atoms with Gasteiger partial charge in [-0.1, -0.05) is 18.2 Å². The summed E-state index contributed by atoms with van der Waals surface area (Å²) in [6.45, 7) is 1.88. The van der Waals surface area contributed by atoms with Gasteiger partial charge in [0.1, 0.15) is 6.54 Å². The second kappa shape index (κ2) is 5.14. The summed E-state index contributed by atoms with van der Waals surface area (Å²) in [5.41, 5.74) is 0.514. The number of likely N-dealkylation sites (N-methyl/N-ethyl adjacent to an activating group) is 1. The minimum absolute atomic E-state index is 0.250. The van der Waals surface area contributed by atoms with Gasteiger partial charge in [0.15, 0.2) is 0 Å². The lowest BCUT2D eigenvalue weighted by atomic mass is 10.2. The molecule has 1 rings (SSSR count). The van der Waals surface area contributed by atoms with Crippen molar-refractivity contribution in [1.29, 1.82) is 0 Å². The molecule has 0 radical (unpaired) electrons. The Morgan fingerprint density at radius 2 is 1.87 bits per heavy atom. The second-order valence-corrected chi connectivity index (χ2v) is 3.08. The topological polar surface area (TPSA) is 57.6 Å². The maximum absolute atomic E-state index is 11.8. The molecule has 0 unspecified atom stereocenters. The SMILES string of the molecule is CCN(CC(=O)O)C(=O)c1ccccc1. The molecule has 0 bridgehead atoms. The molecule has 1 aromatic carbocycles. The molecule has 0 aliphatic rings. The standard InChI is InChI=1S/C11H13NO3/c1-2-12(8-10(13)14)11(15)9-6-4-3-5-7-9/h3-7H,2,8H2,1H3,(H,13,14). The summed E-state index contributed by atoms with van der Waals surface area (Å²) in [7, 11) is 0. The van der Waals surface area contributed by atoms with Crippen molar-refractivity contribution in [3.05, 3.63) is 35.9 Å². The predicted molar refractivity (Wildman–Crippen MR) is 55.7 cm³/mol. The monoisotopic (exact) mass is 207 g/mol. The summed E-state index contributed by atoms with van der Waals surface area (Å²) >= 11 is 0. The summed E-state index contributed by atoms with van der Waals surface area (Å²) in [5.74, 6) is -1.25. The molecule has 15 heavy (non-hydrogen) atoms. The van der Waals surface area contributed by atoms with Crippen LogP contribution in [0.5, 0.6) is 0 Å². The number of aliphatic carboxylic acids is 1. The number of rotatable bonds is 4. The Bertz CT molecular complexity index is 348. The van der Waals surface area contributed by atoms with Crippen LogP contribution < -0.4 is 0 Å². The maximum Gasteiger partial charge on any atom is 0.323 e. The van der Waals surface area contributed by atoms with Crippen LogP contribution in [-0.2, 0) is 4.79 Å². The molecular formula is C11H13NO3. The van der Waals surface area contributed by atoms with Crippen LogP contribution in [-0.4, -0.2) is 35.0 Å². The van der Waals surface area contributed by atoms with Gasteiger partial charge in [0.25, 0.3) is 5.91 Å². The first kappa shape index (κ1) is 11.2. The molecule has 4 nitrogen and oxygen atoms in total. The number of hydrogen-bond acceptors (Lipinski definition) is 2. The fourth-order valence-electron chi connectivity index (χ4n) is 1.25. The highest BCUT2D eigenvalue weighted by Crippen LogP contribution is 2.03. The smallest absolute Gasteiger partial charge is 0.323 e. The summed E-state index contributed by atoms with van der Waals surface area (Å²) in [6, 6.07) is 8.66. The van der Waals surface area contributed by atoms with E-state index in [9.17, 15) is 9.59 Å². The Kier molecular flexibility index (Phi) is 3.85. The lowest BCUT2D eigenvalue weighted by molar-refractivity contribution is -0.137. The van der Waals surface area contributed by atoms with Crippen molar-refractivity contribution in [2.24, 2.45) is 0 Å². The molecule has 1 aromatic rings. The molecule has 0 saturated carbocycles. The Morgan fingerprint density at radius 1 is 1.27 bits per heavy atom. The van der Waals surface area contributed by atoms with Crippen LogP contribution in [0.25, 0.3) is 0 Å². The zero-order valence-corrected chi connectivity index (χ0v) is 8.51. The van der Waals surface area contributed by atoms with Crippen LogP contribution in [0, 0.1) is 0 Å². The van der Waals surface area contributed by atoms with E-state index >= 15 is 0 Å². The van der Waals surface area contributed by atoms with Gasteiger partial charge in [0, 0.05) is 12.1 Å². The van der Waals surface area contributed by atoms with Crippen LogP contribution >= 0.6 is 0 Å². The Labute approximate surface area is 88.1 Å². The van der Waals surface area contributed by atoms with E-state index in [1.807, 2.05) is 6.07 Å². The number of hydrogen-bond donors (Lipinski definition) is 1. The molecule has 0 heterocycles. The molecule has 1 N–H and O–H groups in total. The van der Waals surface area contributed by atoms with Crippen molar-refractivity contribution < 1.29 is 14.7 Å². The Hall–Kier alpha value is -1.84. The minimum atomic E-state index is -0.999. The average molecular weight is 207 g/mol. The largest absolute Gasteiger partial charge is 0.480 e. The quantitative estimate of drug-likeness (QED) is 0.807. The number of carbonyl (C=O) groups excluding carboxylic acids is 1. The molecule has 0 fully saturated rings. The van der Waals surface area contributed by atoms with E-state index in [2.05, 4.69) is 0 Å². The van der Waals surface area contributed by atoms with Crippen molar-refractivity contribution in [2.45, 2.75) is 6.92 Å². The third kappa shape index (κ3) is 3.09. The molecule has 4 heteroatoms. The van der Waals surface area contributed by atoms with Crippen LogP contribution in [0.4, 0.5) is 0 Å². The molecule has 0 aliphatic heterocycles. The number of carbonyl (C=O) groups is 2.